The van der Waals surface area contributed by atoms with E-state index in [2.05, 4.69) is 0 Å². The van der Waals surface area contributed by atoms with Gasteiger partial charge in [0.25, 0.3) is 0 Å². The maximum absolute atomic E-state index is 13.6. The Hall–Kier alpha value is -1.58. The van der Waals surface area contributed by atoms with Crippen molar-refractivity contribution in [3.63, 3.8) is 0 Å². The van der Waals surface area contributed by atoms with Crippen LogP contribution in [0.5, 0.6) is 11.5 Å². The monoisotopic (exact) mass is 280 g/mol. The van der Waals surface area contributed by atoms with Gasteiger partial charge in [-0.1, -0.05) is 23.7 Å². The number of hydrogen-bond donors (Lipinski definition) is 1. The fourth-order valence-corrected chi connectivity index (χ4v) is 1.89. The van der Waals surface area contributed by atoms with Crippen LogP contribution in [-0.2, 0) is 0 Å². The number of aliphatic hydroxyl groups is 1. The first-order valence-electron chi connectivity index (χ1n) is 5.89. The van der Waals surface area contributed by atoms with Crippen molar-refractivity contribution >= 4 is 11.6 Å². The second-order valence-electron chi connectivity index (χ2n) is 4.40. The minimum absolute atomic E-state index is 0.131. The van der Waals surface area contributed by atoms with E-state index in [4.69, 9.17) is 16.3 Å². The highest BCUT2D eigenvalue weighted by Crippen LogP contribution is 2.33. The zero-order valence-corrected chi connectivity index (χ0v) is 11.4. The van der Waals surface area contributed by atoms with Crippen LogP contribution in [0.25, 0.3) is 0 Å². The summed E-state index contributed by atoms with van der Waals surface area (Å²) in [5.74, 6) is 0.0449. The highest BCUT2D eigenvalue weighted by Gasteiger charge is 2.10. The van der Waals surface area contributed by atoms with Gasteiger partial charge in [-0.2, -0.15) is 0 Å². The van der Waals surface area contributed by atoms with Crippen molar-refractivity contribution in [3.8, 4) is 11.5 Å². The Morgan fingerprint density at radius 2 is 1.89 bits per heavy atom. The first kappa shape index (κ1) is 13.8. The summed E-state index contributed by atoms with van der Waals surface area (Å²) in [6, 6.07) is 9.54. The fraction of sp³-hybridized carbons (Fsp3) is 0.200. The second-order valence-corrected chi connectivity index (χ2v) is 4.81. The Labute approximate surface area is 116 Å². The second kappa shape index (κ2) is 5.59. The lowest BCUT2D eigenvalue weighted by atomic mass is 10.1. The molecule has 2 aromatic rings. The largest absolute Gasteiger partial charge is 0.453 e. The highest BCUT2D eigenvalue weighted by atomic mass is 35.5. The van der Waals surface area contributed by atoms with Crippen molar-refractivity contribution in [1.82, 2.24) is 0 Å². The molecule has 1 atom stereocenters. The molecule has 1 unspecified atom stereocenters. The summed E-state index contributed by atoms with van der Waals surface area (Å²) in [5, 5.41) is 9.78. The molecule has 0 radical (unpaired) electrons. The maximum atomic E-state index is 13.6. The van der Waals surface area contributed by atoms with Crippen molar-refractivity contribution < 1.29 is 14.2 Å². The van der Waals surface area contributed by atoms with Gasteiger partial charge in [-0.25, -0.2) is 4.39 Å². The van der Waals surface area contributed by atoms with Crippen LogP contribution in [0.1, 0.15) is 24.2 Å². The Kier molecular flexibility index (Phi) is 4.08. The molecule has 19 heavy (non-hydrogen) atoms. The van der Waals surface area contributed by atoms with E-state index in [1.54, 1.807) is 37.3 Å². The molecule has 0 fully saturated rings. The molecule has 0 heterocycles. The normalized spacial score (nSPS) is 12.3. The summed E-state index contributed by atoms with van der Waals surface area (Å²) >= 11 is 6.06. The van der Waals surface area contributed by atoms with E-state index >= 15 is 0 Å². The number of aryl methyl sites for hydroxylation is 1. The lowest BCUT2D eigenvalue weighted by Crippen LogP contribution is -1.93. The molecule has 0 aliphatic heterocycles. The van der Waals surface area contributed by atoms with Gasteiger partial charge >= 0.3 is 0 Å². The first-order valence-corrected chi connectivity index (χ1v) is 6.26. The van der Waals surface area contributed by atoms with E-state index in [-0.39, 0.29) is 5.75 Å². The molecule has 0 saturated heterocycles. The standard InChI is InChI=1S/C15H14ClFO2/c1-9-3-5-13(17)15(7-9)19-14-6-4-11(10(2)18)8-12(14)16/h3-8,10,18H,1-2H3. The van der Waals surface area contributed by atoms with E-state index in [0.717, 1.165) is 5.56 Å². The number of hydrogen-bond acceptors (Lipinski definition) is 2. The zero-order valence-electron chi connectivity index (χ0n) is 10.7. The molecule has 1 N–H and O–H groups in total. The topological polar surface area (TPSA) is 29.5 Å². The van der Waals surface area contributed by atoms with E-state index in [0.29, 0.717) is 16.3 Å². The number of ether oxygens (including phenoxy) is 1. The van der Waals surface area contributed by atoms with E-state index < -0.39 is 11.9 Å². The molecule has 100 valence electrons. The molecule has 2 aromatic carbocycles. The third-order valence-corrected chi connectivity index (χ3v) is 3.04. The average molecular weight is 281 g/mol. The Bertz CT molecular complexity index is 597. The predicted octanol–water partition coefficient (Wildman–Crippen LogP) is 4.63. The summed E-state index contributed by atoms with van der Waals surface area (Å²) in [7, 11) is 0. The van der Waals surface area contributed by atoms with Crippen LogP contribution in [0.4, 0.5) is 4.39 Å². The van der Waals surface area contributed by atoms with Crippen molar-refractivity contribution in [1.29, 1.82) is 0 Å². The minimum atomic E-state index is -0.609. The first-order chi connectivity index (χ1) is 8.97. The summed E-state index contributed by atoms with van der Waals surface area (Å²) in [5.41, 5.74) is 1.58. The van der Waals surface area contributed by atoms with Crippen LogP contribution in [0.3, 0.4) is 0 Å². The molecule has 0 spiro atoms. The summed E-state index contributed by atoms with van der Waals surface area (Å²) in [6.45, 7) is 3.50. The molecule has 0 bridgehead atoms. The van der Waals surface area contributed by atoms with Gasteiger partial charge in [0.05, 0.1) is 11.1 Å². The SMILES string of the molecule is Cc1ccc(F)c(Oc2ccc(C(C)O)cc2Cl)c1. The van der Waals surface area contributed by atoms with E-state index in [1.165, 1.54) is 6.07 Å². The molecule has 0 amide bonds. The summed E-state index contributed by atoms with van der Waals surface area (Å²) in [6.07, 6.45) is -0.609. The third-order valence-electron chi connectivity index (χ3n) is 2.74. The quantitative estimate of drug-likeness (QED) is 0.888. The Balaban J connectivity index is 2.31. The van der Waals surface area contributed by atoms with Crippen molar-refractivity contribution in [3.05, 3.63) is 58.4 Å². The number of benzene rings is 2. The minimum Gasteiger partial charge on any atom is -0.453 e. The van der Waals surface area contributed by atoms with Crippen LogP contribution >= 0.6 is 11.6 Å². The van der Waals surface area contributed by atoms with Gasteiger partial charge in [-0.05, 0) is 49.2 Å². The van der Waals surface area contributed by atoms with Gasteiger partial charge < -0.3 is 9.84 Å². The van der Waals surface area contributed by atoms with Gasteiger partial charge in [0, 0.05) is 0 Å². The summed E-state index contributed by atoms with van der Waals surface area (Å²) < 4.78 is 19.1. The van der Waals surface area contributed by atoms with Gasteiger partial charge in [0.2, 0.25) is 0 Å². The van der Waals surface area contributed by atoms with E-state index in [1.807, 2.05) is 6.92 Å². The molecule has 4 heteroatoms. The van der Waals surface area contributed by atoms with Gasteiger partial charge in [0.1, 0.15) is 5.75 Å². The number of halogens is 2. The van der Waals surface area contributed by atoms with Crippen LogP contribution in [-0.4, -0.2) is 5.11 Å². The molecule has 2 nitrogen and oxygen atoms in total. The molecular formula is C15H14ClFO2. The molecule has 0 saturated carbocycles. The van der Waals surface area contributed by atoms with Crippen LogP contribution in [0, 0.1) is 12.7 Å². The van der Waals surface area contributed by atoms with Crippen molar-refractivity contribution in [2.75, 3.05) is 0 Å². The van der Waals surface area contributed by atoms with Crippen LogP contribution < -0.4 is 4.74 Å². The third kappa shape index (κ3) is 3.25. The van der Waals surface area contributed by atoms with Gasteiger partial charge in [-0.3, -0.25) is 0 Å². The number of aliphatic hydroxyl groups excluding tert-OH is 1. The Morgan fingerprint density at radius 1 is 1.16 bits per heavy atom. The highest BCUT2D eigenvalue weighted by molar-refractivity contribution is 6.32. The zero-order chi connectivity index (χ0) is 14.0. The molecular weight excluding hydrogens is 267 g/mol. The maximum Gasteiger partial charge on any atom is 0.165 e. The van der Waals surface area contributed by atoms with Gasteiger partial charge in [-0.15, -0.1) is 0 Å². The lowest BCUT2D eigenvalue weighted by molar-refractivity contribution is 0.199. The van der Waals surface area contributed by atoms with Crippen LogP contribution in [0.15, 0.2) is 36.4 Å². The number of rotatable bonds is 3. The lowest BCUT2D eigenvalue weighted by Gasteiger charge is -2.11. The smallest absolute Gasteiger partial charge is 0.165 e. The van der Waals surface area contributed by atoms with Crippen molar-refractivity contribution in [2.24, 2.45) is 0 Å². The molecule has 0 aromatic heterocycles. The molecule has 0 aliphatic carbocycles. The fourth-order valence-electron chi connectivity index (χ4n) is 1.67. The average Bonchev–Trinajstić information content (AvgIpc) is 2.36. The van der Waals surface area contributed by atoms with Crippen molar-refractivity contribution in [2.45, 2.75) is 20.0 Å². The van der Waals surface area contributed by atoms with Crippen LogP contribution in [0.2, 0.25) is 5.02 Å². The molecule has 0 aliphatic rings. The summed E-state index contributed by atoms with van der Waals surface area (Å²) in [4.78, 5) is 0. The van der Waals surface area contributed by atoms with E-state index in [9.17, 15) is 9.50 Å². The Morgan fingerprint density at radius 3 is 2.53 bits per heavy atom. The van der Waals surface area contributed by atoms with Gasteiger partial charge in [0.15, 0.2) is 11.6 Å². The molecule has 2 rings (SSSR count). The predicted molar refractivity (Wildman–Crippen MR) is 73.3 cm³/mol.